The summed E-state index contributed by atoms with van der Waals surface area (Å²) in [7, 11) is 0. The van der Waals surface area contributed by atoms with E-state index < -0.39 is 16.7 Å². The highest BCUT2D eigenvalue weighted by Crippen LogP contribution is 2.36. The number of carbonyl (C=O) groups excluding carboxylic acids is 2. The van der Waals surface area contributed by atoms with Crippen LogP contribution in [0.25, 0.3) is 23.0 Å². The maximum atomic E-state index is 13.8. The van der Waals surface area contributed by atoms with E-state index in [1.54, 1.807) is 61.1 Å². The van der Waals surface area contributed by atoms with Gasteiger partial charge in [-0.05, 0) is 55.3 Å². The number of nitriles is 1. The molecule has 2 heterocycles. The van der Waals surface area contributed by atoms with Gasteiger partial charge in [0.15, 0.2) is 5.75 Å². The fourth-order valence-electron chi connectivity index (χ4n) is 4.71. The molecule has 1 aliphatic rings. The van der Waals surface area contributed by atoms with Gasteiger partial charge in [-0.2, -0.15) is 10.4 Å². The fraction of sp³-hybridized carbons (Fsp3) is 0.125. The largest absolute Gasteiger partial charge is 0.487 e. The molecule has 42 heavy (non-hydrogen) atoms. The molecule has 0 saturated carbocycles. The number of nitro groups is 1. The van der Waals surface area contributed by atoms with Crippen LogP contribution in [0.3, 0.4) is 0 Å². The Morgan fingerprint density at radius 3 is 2.36 bits per heavy atom. The molecule has 0 atom stereocenters. The van der Waals surface area contributed by atoms with Gasteiger partial charge in [-0.3, -0.25) is 24.6 Å². The number of nitrogens with zero attached hydrogens (tertiary/aromatic N) is 5. The highest BCUT2D eigenvalue weighted by molar-refractivity contribution is 6.19. The topological polar surface area (TPSA) is 131 Å². The SMILES string of the molecule is CCOc1ccc(-c2nn(-c3ccccc3)cc2/C=C2/C(=O)N(Cc3ccccc3)C(=O)C(C#N)=C2C)cc1[N+](=O)[O-]. The molecular weight excluding hydrogens is 534 g/mol. The zero-order chi connectivity index (χ0) is 29.8. The number of amides is 2. The van der Waals surface area contributed by atoms with Crippen LogP contribution in [0.4, 0.5) is 5.69 Å². The first kappa shape index (κ1) is 27.7. The van der Waals surface area contributed by atoms with Crippen LogP contribution < -0.4 is 4.74 Å². The van der Waals surface area contributed by atoms with Gasteiger partial charge in [-0.1, -0.05) is 48.5 Å². The number of hydrogen-bond acceptors (Lipinski definition) is 7. The van der Waals surface area contributed by atoms with Crippen LogP contribution in [-0.4, -0.2) is 38.0 Å². The van der Waals surface area contributed by atoms with Crippen LogP contribution in [0, 0.1) is 21.4 Å². The van der Waals surface area contributed by atoms with Crippen LogP contribution in [0.2, 0.25) is 0 Å². The normalized spacial score (nSPS) is 14.3. The molecule has 0 unspecified atom stereocenters. The van der Waals surface area contributed by atoms with Crippen molar-refractivity contribution in [3.63, 3.8) is 0 Å². The lowest BCUT2D eigenvalue weighted by atomic mass is 9.93. The van der Waals surface area contributed by atoms with Crippen LogP contribution in [0.15, 0.2) is 102 Å². The van der Waals surface area contributed by atoms with Crippen molar-refractivity contribution in [2.75, 3.05) is 6.61 Å². The van der Waals surface area contributed by atoms with Crippen molar-refractivity contribution in [1.82, 2.24) is 14.7 Å². The summed E-state index contributed by atoms with van der Waals surface area (Å²) in [6, 6.07) is 24.8. The number of carbonyl (C=O) groups is 2. The molecule has 10 heteroatoms. The molecule has 0 radical (unpaired) electrons. The molecule has 5 rings (SSSR count). The second kappa shape index (κ2) is 11.7. The minimum atomic E-state index is -0.664. The average Bonchev–Trinajstić information content (AvgIpc) is 3.43. The number of hydrogen-bond donors (Lipinski definition) is 0. The molecule has 0 bridgehead atoms. The third-order valence-corrected chi connectivity index (χ3v) is 6.80. The van der Waals surface area contributed by atoms with E-state index in [2.05, 4.69) is 0 Å². The Hall–Kier alpha value is -5.82. The monoisotopic (exact) mass is 559 g/mol. The van der Waals surface area contributed by atoms with Gasteiger partial charge in [-0.15, -0.1) is 0 Å². The molecule has 1 aliphatic heterocycles. The van der Waals surface area contributed by atoms with Gasteiger partial charge >= 0.3 is 5.69 Å². The first-order valence-corrected chi connectivity index (χ1v) is 13.1. The number of nitro benzene ring substituents is 1. The van der Waals surface area contributed by atoms with Crippen molar-refractivity contribution < 1.29 is 19.2 Å². The summed E-state index contributed by atoms with van der Waals surface area (Å²) in [5.74, 6) is -1.09. The van der Waals surface area contributed by atoms with Gasteiger partial charge in [-0.25, -0.2) is 4.68 Å². The van der Waals surface area contributed by atoms with E-state index in [1.165, 1.54) is 12.1 Å². The van der Waals surface area contributed by atoms with Gasteiger partial charge < -0.3 is 4.74 Å². The molecular formula is C32H25N5O5. The lowest BCUT2D eigenvalue weighted by molar-refractivity contribution is -0.385. The summed E-state index contributed by atoms with van der Waals surface area (Å²) in [6.07, 6.45) is 3.27. The quantitative estimate of drug-likeness (QED) is 0.118. The first-order valence-electron chi connectivity index (χ1n) is 13.1. The smallest absolute Gasteiger partial charge is 0.311 e. The Bertz CT molecular complexity index is 1800. The third kappa shape index (κ3) is 5.31. The molecule has 0 N–H and O–H groups in total. The minimum Gasteiger partial charge on any atom is -0.487 e. The molecule has 0 fully saturated rings. The van der Waals surface area contributed by atoms with E-state index in [1.807, 2.05) is 42.5 Å². The summed E-state index contributed by atoms with van der Waals surface area (Å²) in [4.78, 5) is 39.3. The predicted octanol–water partition coefficient (Wildman–Crippen LogP) is 5.64. The lowest BCUT2D eigenvalue weighted by Crippen LogP contribution is -2.42. The van der Waals surface area contributed by atoms with Crippen molar-refractivity contribution in [1.29, 1.82) is 5.26 Å². The number of ether oxygens (including phenoxy) is 1. The van der Waals surface area contributed by atoms with Crippen molar-refractivity contribution in [2.24, 2.45) is 0 Å². The lowest BCUT2D eigenvalue weighted by Gasteiger charge is -2.27. The van der Waals surface area contributed by atoms with Gasteiger partial charge in [0.05, 0.1) is 23.8 Å². The Morgan fingerprint density at radius 1 is 1.02 bits per heavy atom. The van der Waals surface area contributed by atoms with E-state index in [0.717, 1.165) is 16.2 Å². The van der Waals surface area contributed by atoms with E-state index in [4.69, 9.17) is 9.84 Å². The Kier molecular flexibility index (Phi) is 7.75. The number of benzene rings is 3. The summed E-state index contributed by atoms with van der Waals surface area (Å²) < 4.78 is 7.05. The number of rotatable bonds is 8. The second-order valence-corrected chi connectivity index (χ2v) is 9.44. The van der Waals surface area contributed by atoms with Crippen molar-refractivity contribution in [3.8, 4) is 28.8 Å². The Morgan fingerprint density at radius 2 is 1.71 bits per heavy atom. The van der Waals surface area contributed by atoms with Crippen molar-refractivity contribution in [2.45, 2.75) is 20.4 Å². The molecule has 0 aliphatic carbocycles. The highest BCUT2D eigenvalue weighted by atomic mass is 16.6. The Labute approximate surface area is 241 Å². The molecule has 0 spiro atoms. The van der Waals surface area contributed by atoms with E-state index in [-0.39, 0.29) is 41.3 Å². The van der Waals surface area contributed by atoms with Crippen LogP contribution in [0.5, 0.6) is 5.75 Å². The summed E-state index contributed by atoms with van der Waals surface area (Å²) >= 11 is 0. The number of imide groups is 1. The van der Waals surface area contributed by atoms with Gasteiger partial charge in [0.2, 0.25) is 0 Å². The molecule has 0 saturated heterocycles. The summed E-state index contributed by atoms with van der Waals surface area (Å²) in [5.41, 5.74) is 2.75. The number of aromatic nitrogens is 2. The van der Waals surface area contributed by atoms with Crippen LogP contribution in [0.1, 0.15) is 25.0 Å². The second-order valence-electron chi connectivity index (χ2n) is 9.44. The minimum absolute atomic E-state index is 0.00444. The van der Waals surface area contributed by atoms with Crippen molar-refractivity contribution in [3.05, 3.63) is 123 Å². The maximum Gasteiger partial charge on any atom is 0.311 e. The predicted molar refractivity (Wildman–Crippen MR) is 155 cm³/mol. The molecule has 1 aromatic heterocycles. The number of para-hydroxylation sites is 1. The summed E-state index contributed by atoms with van der Waals surface area (Å²) in [5, 5.41) is 26.4. The zero-order valence-corrected chi connectivity index (χ0v) is 22.9. The average molecular weight is 560 g/mol. The first-order chi connectivity index (χ1) is 20.3. The van der Waals surface area contributed by atoms with E-state index in [9.17, 15) is 25.0 Å². The molecule has 208 valence electrons. The van der Waals surface area contributed by atoms with Crippen LogP contribution in [-0.2, 0) is 16.1 Å². The van der Waals surface area contributed by atoms with E-state index in [0.29, 0.717) is 16.8 Å². The highest BCUT2D eigenvalue weighted by Gasteiger charge is 2.36. The van der Waals surface area contributed by atoms with Gasteiger partial charge in [0, 0.05) is 29.0 Å². The van der Waals surface area contributed by atoms with Crippen LogP contribution >= 0.6 is 0 Å². The Balaban J connectivity index is 1.68. The molecule has 10 nitrogen and oxygen atoms in total. The molecule has 3 aromatic carbocycles. The zero-order valence-electron chi connectivity index (χ0n) is 22.9. The van der Waals surface area contributed by atoms with E-state index >= 15 is 0 Å². The summed E-state index contributed by atoms with van der Waals surface area (Å²) in [6.45, 7) is 3.55. The van der Waals surface area contributed by atoms with Gasteiger partial charge in [0.25, 0.3) is 11.8 Å². The third-order valence-electron chi connectivity index (χ3n) is 6.80. The fourth-order valence-corrected chi connectivity index (χ4v) is 4.71. The van der Waals surface area contributed by atoms with Crippen molar-refractivity contribution >= 4 is 23.6 Å². The standard InChI is InChI=1S/C32H25N5O5/c1-3-42-29-15-14-23(17-28(29)37(40)41)30-24(20-36(34-30)25-12-8-5-9-13-25)16-26-21(2)27(18-33)32(39)35(31(26)38)19-22-10-6-4-7-11-22/h4-17,20H,3,19H2,1-2H3/b26-16+. The van der Waals surface area contributed by atoms with Gasteiger partial charge in [0.1, 0.15) is 17.3 Å². The molecule has 4 aromatic rings. The molecule has 2 amide bonds. The maximum absolute atomic E-state index is 13.8.